The Labute approximate surface area is 133 Å². The summed E-state index contributed by atoms with van der Waals surface area (Å²) in [7, 11) is 0. The summed E-state index contributed by atoms with van der Waals surface area (Å²) in [6.45, 7) is 0. The fourth-order valence-corrected chi connectivity index (χ4v) is 5.68. The molecular formula is C16H23F3N2O2. The van der Waals surface area contributed by atoms with Crippen LogP contribution in [0, 0.1) is 17.8 Å². The molecule has 4 nitrogen and oxygen atoms in total. The SMILES string of the molecule is O=C(NC(C1CC1)C(F)(F)F)NC12CC3CC(CC(O)(C3)C1)C2. The molecule has 5 fully saturated rings. The Bertz CT molecular complexity index is 504. The molecule has 7 heteroatoms. The second-order valence-corrected chi connectivity index (χ2v) is 8.42. The Morgan fingerprint density at radius 2 is 1.74 bits per heavy atom. The van der Waals surface area contributed by atoms with Gasteiger partial charge in [0.2, 0.25) is 0 Å². The highest BCUT2D eigenvalue weighted by Gasteiger charge is 2.58. The summed E-state index contributed by atoms with van der Waals surface area (Å²) in [4.78, 5) is 12.2. The van der Waals surface area contributed by atoms with Crippen molar-refractivity contribution in [3.8, 4) is 0 Å². The molecular weight excluding hydrogens is 309 g/mol. The minimum atomic E-state index is -4.40. The van der Waals surface area contributed by atoms with Crippen molar-refractivity contribution in [3.63, 3.8) is 0 Å². The van der Waals surface area contributed by atoms with Crippen molar-refractivity contribution in [2.24, 2.45) is 17.8 Å². The highest BCUT2D eigenvalue weighted by atomic mass is 19.4. The normalized spacial score (nSPS) is 43.3. The van der Waals surface area contributed by atoms with Crippen LogP contribution in [0.25, 0.3) is 0 Å². The topological polar surface area (TPSA) is 61.4 Å². The van der Waals surface area contributed by atoms with Gasteiger partial charge in [0.15, 0.2) is 0 Å². The molecule has 0 aromatic carbocycles. The molecule has 3 atom stereocenters. The van der Waals surface area contributed by atoms with Gasteiger partial charge >= 0.3 is 12.2 Å². The van der Waals surface area contributed by atoms with Crippen molar-refractivity contribution in [2.45, 2.75) is 74.7 Å². The number of rotatable bonds is 3. The number of carbonyl (C=O) groups excluding carboxylic acids is 1. The lowest BCUT2D eigenvalue weighted by molar-refractivity contribution is -0.159. The summed E-state index contributed by atoms with van der Waals surface area (Å²) in [5, 5.41) is 15.6. The molecule has 0 aromatic heterocycles. The Hall–Kier alpha value is -0.980. The van der Waals surface area contributed by atoms with Gasteiger partial charge in [0, 0.05) is 5.54 Å². The number of aliphatic hydroxyl groups is 1. The first-order valence-electron chi connectivity index (χ1n) is 8.54. The molecule has 5 aliphatic rings. The molecule has 23 heavy (non-hydrogen) atoms. The maximum absolute atomic E-state index is 13.0. The van der Waals surface area contributed by atoms with E-state index in [1.807, 2.05) is 0 Å². The molecule has 2 amide bonds. The average Bonchev–Trinajstić information content (AvgIpc) is 3.14. The molecule has 5 rings (SSSR count). The lowest BCUT2D eigenvalue weighted by Crippen LogP contribution is -2.67. The van der Waals surface area contributed by atoms with Gasteiger partial charge in [-0.1, -0.05) is 0 Å². The van der Waals surface area contributed by atoms with Crippen molar-refractivity contribution in [3.05, 3.63) is 0 Å². The van der Waals surface area contributed by atoms with Crippen molar-refractivity contribution >= 4 is 6.03 Å². The summed E-state index contributed by atoms with van der Waals surface area (Å²) in [6.07, 6.45) is 1.25. The molecule has 3 N–H and O–H groups in total. The van der Waals surface area contributed by atoms with E-state index in [2.05, 4.69) is 10.6 Å². The number of hydrogen-bond donors (Lipinski definition) is 3. The third-order valence-corrected chi connectivity index (χ3v) is 6.14. The molecule has 0 aliphatic heterocycles. The van der Waals surface area contributed by atoms with Crippen molar-refractivity contribution in [1.29, 1.82) is 0 Å². The van der Waals surface area contributed by atoms with Gasteiger partial charge in [-0.25, -0.2) is 4.79 Å². The molecule has 4 bridgehead atoms. The van der Waals surface area contributed by atoms with Gasteiger partial charge < -0.3 is 15.7 Å². The zero-order valence-electron chi connectivity index (χ0n) is 13.0. The summed E-state index contributed by atoms with van der Waals surface area (Å²) in [5.41, 5.74) is -1.26. The van der Waals surface area contributed by atoms with Crippen LogP contribution in [0.4, 0.5) is 18.0 Å². The van der Waals surface area contributed by atoms with Crippen molar-refractivity contribution < 1.29 is 23.1 Å². The fraction of sp³-hybridized carbons (Fsp3) is 0.938. The molecule has 130 valence electrons. The summed E-state index contributed by atoms with van der Waals surface area (Å²) in [6, 6.07) is -2.48. The van der Waals surface area contributed by atoms with Gasteiger partial charge in [-0.3, -0.25) is 0 Å². The number of urea groups is 1. The zero-order chi connectivity index (χ0) is 16.5. The third kappa shape index (κ3) is 2.92. The fourth-order valence-electron chi connectivity index (χ4n) is 5.68. The van der Waals surface area contributed by atoms with E-state index in [1.54, 1.807) is 0 Å². The van der Waals surface area contributed by atoms with Gasteiger partial charge in [0.05, 0.1) is 5.60 Å². The number of halogens is 3. The van der Waals surface area contributed by atoms with E-state index < -0.39 is 35.3 Å². The largest absolute Gasteiger partial charge is 0.408 e. The van der Waals surface area contributed by atoms with Crippen molar-refractivity contribution in [1.82, 2.24) is 10.6 Å². The third-order valence-electron chi connectivity index (χ3n) is 6.14. The van der Waals surface area contributed by atoms with Crippen LogP contribution < -0.4 is 10.6 Å². The Morgan fingerprint density at radius 3 is 2.22 bits per heavy atom. The van der Waals surface area contributed by atoms with Gasteiger partial charge in [0.25, 0.3) is 0 Å². The lowest BCUT2D eigenvalue weighted by Gasteiger charge is -2.60. The minimum Gasteiger partial charge on any atom is -0.390 e. The first kappa shape index (κ1) is 15.5. The number of nitrogens with one attached hydrogen (secondary N) is 2. The van der Waals surface area contributed by atoms with E-state index >= 15 is 0 Å². The molecule has 0 saturated heterocycles. The van der Waals surface area contributed by atoms with Crippen LogP contribution in [0.15, 0.2) is 0 Å². The lowest BCUT2D eigenvalue weighted by atomic mass is 9.51. The Morgan fingerprint density at radius 1 is 1.13 bits per heavy atom. The van der Waals surface area contributed by atoms with E-state index in [0.717, 1.165) is 32.1 Å². The van der Waals surface area contributed by atoms with Gasteiger partial charge in [-0.05, 0) is 69.1 Å². The standard InChI is InChI=1S/C16H23F3N2O2/c17-16(18,19)12(11-1-2-11)20-13(22)21-14-4-9-3-10(5-14)7-15(23,6-9)8-14/h9-12,23H,1-8H2,(H2,20,21,22). The van der Waals surface area contributed by atoms with Gasteiger partial charge in [-0.15, -0.1) is 0 Å². The van der Waals surface area contributed by atoms with E-state index in [1.165, 1.54) is 0 Å². The monoisotopic (exact) mass is 332 g/mol. The molecule has 5 aliphatic carbocycles. The predicted octanol–water partition coefficient (Wildman–Crippen LogP) is 2.71. The van der Waals surface area contributed by atoms with E-state index in [-0.39, 0.29) is 0 Å². The first-order valence-corrected chi connectivity index (χ1v) is 8.54. The van der Waals surface area contributed by atoms with E-state index in [9.17, 15) is 23.1 Å². The number of hydrogen-bond acceptors (Lipinski definition) is 2. The summed E-state index contributed by atoms with van der Waals surface area (Å²) < 4.78 is 39.1. The Balaban J connectivity index is 1.44. The summed E-state index contributed by atoms with van der Waals surface area (Å²) >= 11 is 0. The summed E-state index contributed by atoms with van der Waals surface area (Å²) in [5.74, 6) is 0.271. The smallest absolute Gasteiger partial charge is 0.390 e. The quantitative estimate of drug-likeness (QED) is 0.744. The van der Waals surface area contributed by atoms with Crippen LogP contribution in [0.2, 0.25) is 0 Å². The Kier molecular flexibility index (Phi) is 3.22. The van der Waals surface area contributed by atoms with Crippen LogP contribution in [0.3, 0.4) is 0 Å². The average molecular weight is 332 g/mol. The maximum atomic E-state index is 13.0. The highest BCUT2D eigenvalue weighted by molar-refractivity contribution is 5.75. The van der Waals surface area contributed by atoms with Crippen LogP contribution >= 0.6 is 0 Å². The van der Waals surface area contributed by atoms with E-state index in [4.69, 9.17) is 0 Å². The second kappa shape index (κ2) is 4.77. The van der Waals surface area contributed by atoms with Gasteiger partial charge in [-0.2, -0.15) is 13.2 Å². The van der Waals surface area contributed by atoms with Crippen LogP contribution in [-0.2, 0) is 0 Å². The molecule has 3 unspecified atom stereocenters. The van der Waals surface area contributed by atoms with Crippen LogP contribution in [0.5, 0.6) is 0 Å². The zero-order valence-corrected chi connectivity index (χ0v) is 13.0. The maximum Gasteiger partial charge on any atom is 0.408 e. The number of amides is 2. The van der Waals surface area contributed by atoms with Gasteiger partial charge in [0.1, 0.15) is 6.04 Å². The first-order chi connectivity index (χ1) is 10.7. The predicted molar refractivity (Wildman–Crippen MR) is 76.6 cm³/mol. The second-order valence-electron chi connectivity index (χ2n) is 8.42. The van der Waals surface area contributed by atoms with E-state index in [0.29, 0.717) is 31.1 Å². The molecule has 0 heterocycles. The molecule has 0 radical (unpaired) electrons. The number of carbonyl (C=O) groups is 1. The van der Waals surface area contributed by atoms with Crippen molar-refractivity contribution in [2.75, 3.05) is 0 Å². The van der Waals surface area contributed by atoms with Crippen LogP contribution in [0.1, 0.15) is 51.4 Å². The molecule has 0 aromatic rings. The van der Waals surface area contributed by atoms with Crippen LogP contribution in [-0.4, -0.2) is 34.5 Å². The molecule has 0 spiro atoms. The molecule has 5 saturated carbocycles. The minimum absolute atomic E-state index is 0.378. The number of alkyl halides is 3. The highest BCUT2D eigenvalue weighted by Crippen LogP contribution is 2.57.